The van der Waals surface area contributed by atoms with Gasteiger partial charge >= 0.3 is 12.1 Å². The molecular formula is C17H29NO5. The number of carbonyl (C=O) groups is 3. The van der Waals surface area contributed by atoms with Crippen LogP contribution in [0.4, 0.5) is 4.79 Å². The molecular weight excluding hydrogens is 298 g/mol. The Morgan fingerprint density at radius 3 is 2.17 bits per heavy atom. The van der Waals surface area contributed by atoms with Gasteiger partial charge < -0.3 is 9.47 Å². The quantitative estimate of drug-likeness (QED) is 0.420. The van der Waals surface area contributed by atoms with Crippen molar-refractivity contribution in [3.8, 4) is 0 Å². The van der Waals surface area contributed by atoms with Crippen LogP contribution in [0.2, 0.25) is 0 Å². The molecule has 0 fully saturated rings. The second kappa shape index (κ2) is 8.70. The molecule has 6 nitrogen and oxygen atoms in total. The molecule has 23 heavy (non-hydrogen) atoms. The molecule has 0 bridgehead atoms. The first-order valence-electron chi connectivity index (χ1n) is 7.63. The molecule has 0 atom stereocenters. The molecule has 0 heterocycles. The highest BCUT2D eigenvalue weighted by molar-refractivity contribution is 6.01. The number of hydrogen-bond acceptors (Lipinski definition) is 5. The van der Waals surface area contributed by atoms with Crippen molar-refractivity contribution >= 4 is 18.0 Å². The van der Waals surface area contributed by atoms with Crippen molar-refractivity contribution in [3.05, 3.63) is 12.2 Å². The van der Waals surface area contributed by atoms with Gasteiger partial charge in [0, 0.05) is 5.57 Å². The van der Waals surface area contributed by atoms with Crippen LogP contribution in [0.25, 0.3) is 0 Å². The molecule has 0 aliphatic heterocycles. The molecule has 132 valence electrons. The molecule has 0 saturated heterocycles. The fraction of sp³-hybridized carbons (Fsp3) is 0.706. The van der Waals surface area contributed by atoms with Gasteiger partial charge in [0.1, 0.15) is 0 Å². The largest absolute Gasteiger partial charge is 0.469 e. The molecule has 0 aliphatic rings. The van der Waals surface area contributed by atoms with E-state index in [2.05, 4.69) is 25.7 Å². The fourth-order valence-corrected chi connectivity index (χ4v) is 2.58. The first-order valence-corrected chi connectivity index (χ1v) is 7.63. The Balaban J connectivity index is 4.21. The van der Waals surface area contributed by atoms with Crippen LogP contribution in [-0.4, -0.2) is 31.7 Å². The third kappa shape index (κ3) is 8.38. The average Bonchev–Trinajstić information content (AvgIpc) is 2.41. The average molecular weight is 327 g/mol. The summed E-state index contributed by atoms with van der Waals surface area (Å²) in [7, 11) is 1.38. The molecule has 6 heteroatoms. The smallest absolute Gasteiger partial charge is 0.414 e. The van der Waals surface area contributed by atoms with Gasteiger partial charge in [-0.3, -0.25) is 14.9 Å². The number of esters is 1. The van der Waals surface area contributed by atoms with Crippen molar-refractivity contribution in [2.75, 3.05) is 13.7 Å². The predicted molar refractivity (Wildman–Crippen MR) is 87.7 cm³/mol. The van der Waals surface area contributed by atoms with E-state index in [-0.39, 0.29) is 23.6 Å². The number of hydrogen-bond donors (Lipinski definition) is 1. The number of rotatable bonds is 8. The minimum Gasteiger partial charge on any atom is -0.469 e. The lowest BCUT2D eigenvalue weighted by Gasteiger charge is -2.33. The van der Waals surface area contributed by atoms with Gasteiger partial charge in [0.25, 0.3) is 5.91 Å². The number of ether oxygens (including phenoxy) is 2. The number of alkyl carbamates (subject to hydrolysis) is 1. The zero-order valence-electron chi connectivity index (χ0n) is 15.1. The van der Waals surface area contributed by atoms with Crippen LogP contribution in [0.15, 0.2) is 12.2 Å². The molecule has 0 unspecified atom stereocenters. The molecule has 0 radical (unpaired) electrons. The van der Waals surface area contributed by atoms with E-state index in [0.717, 1.165) is 6.42 Å². The summed E-state index contributed by atoms with van der Waals surface area (Å²) in [5.74, 6) is -0.783. The van der Waals surface area contributed by atoms with Crippen LogP contribution < -0.4 is 5.32 Å². The van der Waals surface area contributed by atoms with Gasteiger partial charge in [-0.25, -0.2) is 4.79 Å². The first kappa shape index (κ1) is 21.1. The maximum atomic E-state index is 11.7. The van der Waals surface area contributed by atoms with E-state index in [1.807, 2.05) is 13.8 Å². The molecule has 0 rings (SSSR count). The van der Waals surface area contributed by atoms with Crippen molar-refractivity contribution in [3.63, 3.8) is 0 Å². The van der Waals surface area contributed by atoms with Crippen LogP contribution in [-0.2, 0) is 19.1 Å². The van der Waals surface area contributed by atoms with Crippen molar-refractivity contribution in [1.82, 2.24) is 5.32 Å². The molecule has 0 aromatic carbocycles. The fourth-order valence-electron chi connectivity index (χ4n) is 2.58. The Hall–Kier alpha value is -1.85. The maximum absolute atomic E-state index is 11.7. The van der Waals surface area contributed by atoms with Crippen molar-refractivity contribution in [1.29, 1.82) is 0 Å². The Kier molecular flexibility index (Phi) is 8.00. The highest BCUT2D eigenvalue weighted by Crippen LogP contribution is 2.37. The van der Waals surface area contributed by atoms with Gasteiger partial charge in [-0.1, -0.05) is 20.4 Å². The van der Waals surface area contributed by atoms with Gasteiger partial charge in [0.05, 0.1) is 19.1 Å². The second-order valence-electron chi connectivity index (χ2n) is 7.19. The lowest BCUT2D eigenvalue weighted by atomic mass is 9.73. The van der Waals surface area contributed by atoms with E-state index >= 15 is 0 Å². The lowest BCUT2D eigenvalue weighted by molar-refractivity contribution is -0.152. The standard InChI is InChI=1S/C17H29NO5/c1-12(2)13(19)18-15(21)23-10-8-9-16(3,4)11-17(5,6)14(20)22-7/h1,8-11H2,2-7H3,(H,18,19,21). The zero-order valence-corrected chi connectivity index (χ0v) is 15.1. The SMILES string of the molecule is C=C(C)C(=O)NC(=O)OCCCC(C)(C)CC(C)(C)C(=O)OC. The van der Waals surface area contributed by atoms with E-state index in [1.165, 1.54) is 14.0 Å². The Labute approximate surface area is 138 Å². The van der Waals surface area contributed by atoms with Gasteiger partial charge in [0.2, 0.25) is 0 Å². The van der Waals surface area contributed by atoms with E-state index in [0.29, 0.717) is 12.8 Å². The van der Waals surface area contributed by atoms with Gasteiger partial charge in [-0.05, 0) is 45.4 Å². The molecule has 1 N–H and O–H groups in total. The summed E-state index contributed by atoms with van der Waals surface area (Å²) in [6.07, 6.45) is 1.30. The molecule has 2 amide bonds. The molecule has 0 aliphatic carbocycles. The zero-order chi connectivity index (χ0) is 18.3. The lowest BCUT2D eigenvalue weighted by Crippen LogP contribution is -2.32. The van der Waals surface area contributed by atoms with E-state index in [1.54, 1.807) is 0 Å². The van der Waals surface area contributed by atoms with Crippen LogP contribution >= 0.6 is 0 Å². The van der Waals surface area contributed by atoms with Gasteiger partial charge in [0.15, 0.2) is 0 Å². The Morgan fingerprint density at radius 2 is 1.70 bits per heavy atom. The van der Waals surface area contributed by atoms with E-state index in [9.17, 15) is 14.4 Å². The minimum absolute atomic E-state index is 0.106. The third-order valence-electron chi connectivity index (χ3n) is 3.49. The highest BCUT2D eigenvalue weighted by Gasteiger charge is 2.35. The summed E-state index contributed by atoms with van der Waals surface area (Å²) in [6, 6.07) is 0. The summed E-state index contributed by atoms with van der Waals surface area (Å²) in [5.41, 5.74) is -0.428. The highest BCUT2D eigenvalue weighted by atomic mass is 16.5. The van der Waals surface area contributed by atoms with Crippen LogP contribution in [0.3, 0.4) is 0 Å². The molecule has 0 aromatic rings. The van der Waals surface area contributed by atoms with Crippen molar-refractivity contribution in [2.24, 2.45) is 10.8 Å². The molecule has 0 spiro atoms. The summed E-state index contributed by atoms with van der Waals surface area (Å²) >= 11 is 0. The van der Waals surface area contributed by atoms with E-state index < -0.39 is 17.4 Å². The van der Waals surface area contributed by atoms with Crippen LogP contribution in [0.1, 0.15) is 53.9 Å². The minimum atomic E-state index is -0.773. The second-order valence-corrected chi connectivity index (χ2v) is 7.19. The van der Waals surface area contributed by atoms with Gasteiger partial charge in [-0.15, -0.1) is 0 Å². The summed E-state index contributed by atoms with van der Waals surface area (Å²) in [4.78, 5) is 34.4. The first-order chi connectivity index (χ1) is 10.4. The number of imide groups is 1. The van der Waals surface area contributed by atoms with Gasteiger partial charge in [-0.2, -0.15) is 0 Å². The summed E-state index contributed by atoms with van der Waals surface area (Å²) in [6.45, 7) is 13.0. The Morgan fingerprint density at radius 1 is 1.13 bits per heavy atom. The van der Waals surface area contributed by atoms with Crippen LogP contribution in [0, 0.1) is 10.8 Å². The monoisotopic (exact) mass is 327 g/mol. The number of amides is 2. The maximum Gasteiger partial charge on any atom is 0.414 e. The van der Waals surface area contributed by atoms with Crippen molar-refractivity contribution in [2.45, 2.75) is 53.9 Å². The summed E-state index contributed by atoms with van der Waals surface area (Å²) < 4.78 is 9.77. The van der Waals surface area contributed by atoms with Crippen LogP contribution in [0.5, 0.6) is 0 Å². The third-order valence-corrected chi connectivity index (χ3v) is 3.49. The number of nitrogens with one attached hydrogen (secondary N) is 1. The van der Waals surface area contributed by atoms with E-state index in [4.69, 9.17) is 9.47 Å². The molecule has 0 aromatic heterocycles. The normalized spacial score (nSPS) is 11.6. The van der Waals surface area contributed by atoms with Crippen molar-refractivity contribution < 1.29 is 23.9 Å². The molecule has 0 saturated carbocycles. The summed E-state index contributed by atoms with van der Waals surface area (Å²) in [5, 5.41) is 2.08. The number of carbonyl (C=O) groups excluding carboxylic acids is 3. The number of methoxy groups -OCH3 is 1. The predicted octanol–water partition coefficient (Wildman–Crippen LogP) is 3.21. The Bertz CT molecular complexity index is 466. The topological polar surface area (TPSA) is 81.7 Å².